The van der Waals surface area contributed by atoms with Crippen LogP contribution in [0.25, 0.3) is 0 Å². The highest BCUT2D eigenvalue weighted by atomic mass is 16.5. The molecule has 1 rings (SSSR count). The van der Waals surface area contributed by atoms with Gasteiger partial charge in [-0.2, -0.15) is 5.26 Å². The number of rotatable bonds is 7. The second-order valence-corrected chi connectivity index (χ2v) is 4.18. The normalized spacial score (nSPS) is 9.74. The van der Waals surface area contributed by atoms with Crippen LogP contribution >= 0.6 is 0 Å². The van der Waals surface area contributed by atoms with E-state index in [4.69, 9.17) is 10.00 Å². The second kappa shape index (κ2) is 8.11. The number of aryl methyl sites for hydroxylation is 1. The summed E-state index contributed by atoms with van der Waals surface area (Å²) < 4.78 is 4.84. The third kappa shape index (κ3) is 5.40. The molecule has 19 heavy (non-hydrogen) atoms. The molecular weight excluding hydrogens is 242 g/mol. The minimum Gasteiger partial charge on any atom is -0.383 e. The predicted molar refractivity (Wildman–Crippen MR) is 73.9 cm³/mol. The summed E-state index contributed by atoms with van der Waals surface area (Å²) in [5, 5.41) is 14.8. The number of benzene rings is 1. The Hall–Kier alpha value is -2.06. The number of nitrogens with one attached hydrogen (secondary N) is 2. The van der Waals surface area contributed by atoms with Gasteiger partial charge in [-0.1, -0.05) is 6.07 Å². The van der Waals surface area contributed by atoms with E-state index in [1.807, 2.05) is 25.1 Å². The van der Waals surface area contributed by atoms with Crippen LogP contribution in [0.2, 0.25) is 0 Å². The average molecular weight is 261 g/mol. The van der Waals surface area contributed by atoms with Crippen molar-refractivity contribution >= 4 is 11.6 Å². The Bertz CT molecular complexity index is 466. The van der Waals surface area contributed by atoms with E-state index in [0.29, 0.717) is 31.7 Å². The summed E-state index contributed by atoms with van der Waals surface area (Å²) >= 11 is 0. The van der Waals surface area contributed by atoms with Gasteiger partial charge in [0.1, 0.15) is 6.07 Å². The van der Waals surface area contributed by atoms with Crippen LogP contribution in [0.1, 0.15) is 17.5 Å². The number of nitriles is 1. The summed E-state index contributed by atoms with van der Waals surface area (Å²) in [6.45, 7) is 3.46. The van der Waals surface area contributed by atoms with Gasteiger partial charge < -0.3 is 15.4 Å². The molecule has 0 aliphatic rings. The number of carbonyl (C=O) groups excluding carboxylic acids is 1. The van der Waals surface area contributed by atoms with Gasteiger partial charge in [0, 0.05) is 26.6 Å². The van der Waals surface area contributed by atoms with E-state index in [9.17, 15) is 4.79 Å². The summed E-state index contributed by atoms with van der Waals surface area (Å²) in [7, 11) is 1.59. The maximum absolute atomic E-state index is 11.4. The van der Waals surface area contributed by atoms with E-state index in [1.54, 1.807) is 7.11 Å². The summed E-state index contributed by atoms with van der Waals surface area (Å²) in [6, 6.07) is 7.75. The number of anilines is 1. The van der Waals surface area contributed by atoms with Gasteiger partial charge in [-0.25, -0.2) is 0 Å². The number of ether oxygens (including phenoxy) is 1. The molecule has 5 nitrogen and oxygen atoms in total. The molecule has 2 N–H and O–H groups in total. The quantitative estimate of drug-likeness (QED) is 0.728. The number of hydrogen-bond donors (Lipinski definition) is 2. The Balaban J connectivity index is 2.37. The fourth-order valence-electron chi connectivity index (χ4n) is 1.60. The molecule has 0 bridgehead atoms. The van der Waals surface area contributed by atoms with Crippen molar-refractivity contribution in [2.75, 3.05) is 32.1 Å². The van der Waals surface area contributed by atoms with E-state index in [2.05, 4.69) is 16.7 Å². The third-order valence-electron chi connectivity index (χ3n) is 2.59. The van der Waals surface area contributed by atoms with Crippen LogP contribution in [0.5, 0.6) is 0 Å². The van der Waals surface area contributed by atoms with Crippen molar-refractivity contribution in [1.82, 2.24) is 5.32 Å². The molecule has 0 heterocycles. The maximum Gasteiger partial charge on any atom is 0.221 e. The first-order valence-corrected chi connectivity index (χ1v) is 6.17. The number of nitrogens with zero attached hydrogens (tertiary/aromatic N) is 1. The van der Waals surface area contributed by atoms with Crippen LogP contribution in [0.4, 0.5) is 5.69 Å². The van der Waals surface area contributed by atoms with E-state index in [0.717, 1.165) is 11.3 Å². The first-order chi connectivity index (χ1) is 9.17. The molecule has 0 spiro atoms. The molecule has 0 fully saturated rings. The fraction of sp³-hybridized carbons (Fsp3) is 0.429. The summed E-state index contributed by atoms with van der Waals surface area (Å²) in [6.07, 6.45) is 0.364. The maximum atomic E-state index is 11.4. The zero-order valence-electron chi connectivity index (χ0n) is 11.3. The van der Waals surface area contributed by atoms with Gasteiger partial charge in [-0.05, 0) is 24.6 Å². The van der Waals surface area contributed by atoms with E-state index < -0.39 is 0 Å². The largest absolute Gasteiger partial charge is 0.383 e. The molecule has 0 aliphatic carbocycles. The molecule has 0 saturated heterocycles. The molecule has 0 saturated carbocycles. The average Bonchev–Trinajstić information content (AvgIpc) is 2.40. The zero-order chi connectivity index (χ0) is 14.1. The predicted octanol–water partition coefficient (Wildman–Crippen LogP) is 1.43. The van der Waals surface area contributed by atoms with Crippen molar-refractivity contribution in [2.24, 2.45) is 0 Å². The lowest BCUT2D eigenvalue weighted by Gasteiger charge is -2.09. The Morgan fingerprint density at radius 2 is 2.21 bits per heavy atom. The molecule has 0 unspecified atom stereocenters. The second-order valence-electron chi connectivity index (χ2n) is 4.18. The molecule has 1 aromatic carbocycles. The van der Waals surface area contributed by atoms with Crippen molar-refractivity contribution in [2.45, 2.75) is 13.3 Å². The van der Waals surface area contributed by atoms with Gasteiger partial charge in [0.25, 0.3) is 0 Å². The monoisotopic (exact) mass is 261 g/mol. The molecule has 0 atom stereocenters. The van der Waals surface area contributed by atoms with Crippen molar-refractivity contribution in [3.05, 3.63) is 29.3 Å². The highest BCUT2D eigenvalue weighted by Gasteiger charge is 2.03. The minimum atomic E-state index is -0.0323. The van der Waals surface area contributed by atoms with Gasteiger partial charge >= 0.3 is 0 Å². The SMILES string of the molecule is COCCNC(=O)CCNc1ccc(C)cc1C#N. The van der Waals surface area contributed by atoms with E-state index in [1.165, 1.54) is 0 Å². The van der Waals surface area contributed by atoms with Gasteiger partial charge in [-0.15, -0.1) is 0 Å². The first kappa shape index (κ1) is 15.0. The van der Waals surface area contributed by atoms with Crippen molar-refractivity contribution in [1.29, 1.82) is 5.26 Å². The Morgan fingerprint density at radius 3 is 2.89 bits per heavy atom. The number of methoxy groups -OCH3 is 1. The van der Waals surface area contributed by atoms with Gasteiger partial charge in [-0.3, -0.25) is 4.79 Å². The van der Waals surface area contributed by atoms with Crippen LogP contribution in [0, 0.1) is 18.3 Å². The van der Waals surface area contributed by atoms with Gasteiger partial charge in [0.05, 0.1) is 17.9 Å². The molecule has 1 aromatic rings. The highest BCUT2D eigenvalue weighted by Crippen LogP contribution is 2.15. The number of hydrogen-bond acceptors (Lipinski definition) is 4. The Labute approximate surface area is 113 Å². The molecule has 0 aromatic heterocycles. The number of amides is 1. The fourth-order valence-corrected chi connectivity index (χ4v) is 1.60. The Morgan fingerprint density at radius 1 is 1.42 bits per heavy atom. The van der Waals surface area contributed by atoms with Gasteiger partial charge in [0.2, 0.25) is 5.91 Å². The van der Waals surface area contributed by atoms with Gasteiger partial charge in [0.15, 0.2) is 0 Å². The van der Waals surface area contributed by atoms with Crippen LogP contribution in [-0.2, 0) is 9.53 Å². The van der Waals surface area contributed by atoms with Crippen molar-refractivity contribution in [3.63, 3.8) is 0 Å². The lowest BCUT2D eigenvalue weighted by atomic mass is 10.1. The topological polar surface area (TPSA) is 74.2 Å². The van der Waals surface area contributed by atoms with Crippen molar-refractivity contribution in [3.8, 4) is 6.07 Å². The lowest BCUT2D eigenvalue weighted by molar-refractivity contribution is -0.121. The third-order valence-corrected chi connectivity index (χ3v) is 2.59. The molecule has 102 valence electrons. The van der Waals surface area contributed by atoms with Crippen LogP contribution < -0.4 is 10.6 Å². The first-order valence-electron chi connectivity index (χ1n) is 6.17. The molecule has 0 radical (unpaired) electrons. The summed E-state index contributed by atoms with van der Waals surface area (Å²) in [5.41, 5.74) is 2.40. The lowest BCUT2D eigenvalue weighted by Crippen LogP contribution is -2.28. The smallest absolute Gasteiger partial charge is 0.221 e. The van der Waals surface area contributed by atoms with Crippen molar-refractivity contribution < 1.29 is 9.53 Å². The number of carbonyl (C=O) groups is 1. The van der Waals surface area contributed by atoms with Crippen LogP contribution in [0.15, 0.2) is 18.2 Å². The molecule has 0 aliphatic heterocycles. The molecular formula is C14H19N3O2. The molecule has 5 heteroatoms. The zero-order valence-corrected chi connectivity index (χ0v) is 11.3. The van der Waals surface area contributed by atoms with E-state index in [-0.39, 0.29) is 5.91 Å². The van der Waals surface area contributed by atoms with Crippen LogP contribution in [0.3, 0.4) is 0 Å². The standard InChI is InChI=1S/C14H19N3O2/c1-11-3-4-13(12(9-11)10-15)16-6-5-14(18)17-7-8-19-2/h3-4,9,16H,5-8H2,1-2H3,(H,17,18). The van der Waals surface area contributed by atoms with Crippen LogP contribution in [-0.4, -0.2) is 32.7 Å². The summed E-state index contributed by atoms with van der Waals surface area (Å²) in [4.78, 5) is 11.4. The summed E-state index contributed by atoms with van der Waals surface area (Å²) in [5.74, 6) is -0.0323. The minimum absolute atomic E-state index is 0.0323. The van der Waals surface area contributed by atoms with E-state index >= 15 is 0 Å². The molecule has 1 amide bonds. The highest BCUT2D eigenvalue weighted by molar-refractivity contribution is 5.76. The Kier molecular flexibility index (Phi) is 6.41.